The molecular weight excluding hydrogens is 285 g/mol. The summed E-state index contributed by atoms with van der Waals surface area (Å²) in [5, 5.41) is 0. The van der Waals surface area contributed by atoms with Crippen LogP contribution in [0.4, 0.5) is 13.2 Å². The summed E-state index contributed by atoms with van der Waals surface area (Å²) in [6.45, 7) is 7.16. The average molecular weight is 294 g/mol. The minimum absolute atomic E-state index is 0.254. The Morgan fingerprint density at radius 1 is 1.38 bits per heavy atom. The minimum Gasteiger partial charge on any atom is -0.405 e. The molecule has 0 aliphatic rings. The lowest BCUT2D eigenvalue weighted by Gasteiger charge is -2.16. The van der Waals surface area contributed by atoms with Crippen LogP contribution in [0.3, 0.4) is 0 Å². The molecule has 0 heterocycles. The van der Waals surface area contributed by atoms with Crippen LogP contribution in [0.15, 0.2) is 35.3 Å². The Balaban J connectivity index is 3.12. The van der Waals surface area contributed by atoms with Crippen molar-refractivity contribution in [3.05, 3.63) is 47.8 Å². The van der Waals surface area contributed by atoms with Gasteiger partial charge in [0.2, 0.25) is 0 Å². The molecule has 0 saturated carbocycles. The molecule has 5 heteroatoms. The topological polar surface area (TPSA) is 9.23 Å². The van der Waals surface area contributed by atoms with E-state index in [1.54, 1.807) is 0 Å². The first-order valence-corrected chi connectivity index (χ1v) is 5.13. The summed E-state index contributed by atoms with van der Waals surface area (Å²) in [5.41, 5.74) is 0.335. The Kier molecular flexibility index (Phi) is 4.02. The highest BCUT2D eigenvalue weighted by Gasteiger charge is 2.32. The van der Waals surface area contributed by atoms with Gasteiger partial charge in [0.05, 0.1) is 0 Å². The molecule has 0 aliphatic carbocycles. The molecule has 1 aromatic carbocycles. The molecule has 0 amide bonds. The summed E-state index contributed by atoms with van der Waals surface area (Å²) in [6, 6.07) is 4.25. The molecule has 0 aromatic heterocycles. The molecule has 1 atom stereocenters. The van der Waals surface area contributed by atoms with Crippen LogP contribution >= 0.6 is 15.9 Å². The molecule has 0 aliphatic heterocycles. The van der Waals surface area contributed by atoms with Crippen LogP contribution in [0.2, 0.25) is 0 Å². The van der Waals surface area contributed by atoms with Crippen LogP contribution in [-0.2, 0) is 0 Å². The number of allylic oxidation sites excluding steroid dienone is 1. The van der Waals surface area contributed by atoms with Gasteiger partial charge in [-0.1, -0.05) is 22.0 Å². The van der Waals surface area contributed by atoms with Crippen molar-refractivity contribution < 1.29 is 17.9 Å². The van der Waals surface area contributed by atoms with Gasteiger partial charge < -0.3 is 4.74 Å². The van der Waals surface area contributed by atoms with Gasteiger partial charge in [-0.05, 0) is 25.1 Å². The van der Waals surface area contributed by atoms with E-state index >= 15 is 0 Å². The third-order valence-electron chi connectivity index (χ3n) is 1.88. The van der Waals surface area contributed by atoms with Crippen LogP contribution in [0, 0.1) is 6.92 Å². The second kappa shape index (κ2) is 4.91. The normalized spacial score (nSPS) is 13.3. The highest BCUT2D eigenvalue weighted by molar-refractivity contribution is 9.10. The van der Waals surface area contributed by atoms with Gasteiger partial charge in [-0.3, -0.25) is 0 Å². The summed E-state index contributed by atoms with van der Waals surface area (Å²) in [5.74, 6) is -0.717. The van der Waals surface area contributed by atoms with Crippen LogP contribution in [0.5, 0.6) is 5.75 Å². The molecular formula is C11H9BrF3O. The van der Waals surface area contributed by atoms with Gasteiger partial charge in [-0.2, -0.15) is 0 Å². The lowest BCUT2D eigenvalue weighted by atomic mass is 10.0. The van der Waals surface area contributed by atoms with Crippen LogP contribution < -0.4 is 4.74 Å². The molecule has 1 nitrogen and oxygen atoms in total. The van der Waals surface area contributed by atoms with Crippen LogP contribution in [0.25, 0.3) is 0 Å². The van der Waals surface area contributed by atoms with E-state index in [1.165, 1.54) is 24.3 Å². The summed E-state index contributed by atoms with van der Waals surface area (Å²) >= 11 is 3.17. The standard InChI is InChI=1S/C11H9BrF3O/c1-3-7(2)9-6-8(12)4-5-10(9)16-11(13,14)15/h3-7H,1-2H2. The van der Waals surface area contributed by atoms with E-state index in [0.717, 1.165) is 0 Å². The molecule has 1 aromatic rings. The summed E-state index contributed by atoms with van der Waals surface area (Å²) in [6.07, 6.45) is -3.26. The van der Waals surface area contributed by atoms with Crippen molar-refractivity contribution in [2.45, 2.75) is 12.3 Å². The van der Waals surface area contributed by atoms with E-state index in [4.69, 9.17) is 0 Å². The fourth-order valence-corrected chi connectivity index (χ4v) is 1.53. The molecule has 0 spiro atoms. The van der Waals surface area contributed by atoms with Gasteiger partial charge in [0.15, 0.2) is 0 Å². The molecule has 87 valence electrons. The van der Waals surface area contributed by atoms with Crippen molar-refractivity contribution in [2.24, 2.45) is 0 Å². The van der Waals surface area contributed by atoms with Gasteiger partial charge in [0.25, 0.3) is 0 Å². The van der Waals surface area contributed by atoms with E-state index < -0.39 is 12.3 Å². The van der Waals surface area contributed by atoms with Crippen molar-refractivity contribution in [1.82, 2.24) is 0 Å². The van der Waals surface area contributed by atoms with Gasteiger partial charge in [-0.25, -0.2) is 0 Å². The smallest absolute Gasteiger partial charge is 0.405 e. The lowest BCUT2D eigenvalue weighted by Crippen LogP contribution is -2.18. The monoisotopic (exact) mass is 293 g/mol. The average Bonchev–Trinajstić information content (AvgIpc) is 2.17. The molecule has 1 rings (SSSR count). The zero-order chi connectivity index (χ0) is 12.3. The van der Waals surface area contributed by atoms with Crippen molar-refractivity contribution in [2.75, 3.05) is 0 Å². The first-order valence-electron chi connectivity index (χ1n) is 4.34. The molecule has 0 saturated heterocycles. The van der Waals surface area contributed by atoms with Crippen LogP contribution in [-0.4, -0.2) is 6.36 Å². The molecule has 0 N–H and O–H groups in total. The third-order valence-corrected chi connectivity index (χ3v) is 2.37. The number of hydrogen-bond acceptors (Lipinski definition) is 1. The zero-order valence-corrected chi connectivity index (χ0v) is 9.81. The fraction of sp³-hybridized carbons (Fsp3) is 0.182. The molecule has 16 heavy (non-hydrogen) atoms. The largest absolute Gasteiger partial charge is 0.573 e. The van der Waals surface area contributed by atoms with Crippen molar-refractivity contribution in [3.8, 4) is 5.75 Å². The second-order valence-electron chi connectivity index (χ2n) is 3.07. The molecule has 1 unspecified atom stereocenters. The Morgan fingerprint density at radius 3 is 2.50 bits per heavy atom. The van der Waals surface area contributed by atoms with E-state index in [0.29, 0.717) is 10.0 Å². The number of alkyl halides is 3. The Morgan fingerprint density at radius 2 is 2.00 bits per heavy atom. The Hall–Kier alpha value is -0.970. The van der Waals surface area contributed by atoms with Crippen molar-refractivity contribution in [3.63, 3.8) is 0 Å². The van der Waals surface area contributed by atoms with Gasteiger partial charge in [0, 0.05) is 16.0 Å². The fourth-order valence-electron chi connectivity index (χ4n) is 1.15. The number of rotatable bonds is 3. The van der Waals surface area contributed by atoms with Crippen molar-refractivity contribution in [1.29, 1.82) is 0 Å². The summed E-state index contributed by atoms with van der Waals surface area (Å²) in [4.78, 5) is 0. The predicted octanol–water partition coefficient (Wildman–Crippen LogP) is 4.45. The number of ether oxygens (including phenoxy) is 1. The van der Waals surface area contributed by atoms with E-state index in [9.17, 15) is 13.2 Å². The zero-order valence-electron chi connectivity index (χ0n) is 8.22. The molecule has 0 fully saturated rings. The Bertz CT molecular complexity index is 387. The van der Waals surface area contributed by atoms with E-state index in [1.807, 2.05) is 0 Å². The first-order chi connectivity index (χ1) is 7.33. The maximum absolute atomic E-state index is 12.1. The number of benzene rings is 1. The highest BCUT2D eigenvalue weighted by atomic mass is 79.9. The first kappa shape index (κ1) is 13.1. The maximum atomic E-state index is 12.1. The maximum Gasteiger partial charge on any atom is 0.573 e. The second-order valence-corrected chi connectivity index (χ2v) is 3.99. The summed E-state index contributed by atoms with van der Waals surface area (Å²) in [7, 11) is 0. The van der Waals surface area contributed by atoms with E-state index in [2.05, 4.69) is 34.2 Å². The quantitative estimate of drug-likeness (QED) is 0.748. The lowest BCUT2D eigenvalue weighted by molar-refractivity contribution is -0.274. The van der Waals surface area contributed by atoms with Gasteiger partial charge in [-0.15, -0.1) is 19.8 Å². The number of halogens is 4. The third kappa shape index (κ3) is 3.56. The Labute approximate surface area is 100 Å². The van der Waals surface area contributed by atoms with E-state index in [-0.39, 0.29) is 5.75 Å². The molecule has 0 bridgehead atoms. The van der Waals surface area contributed by atoms with Gasteiger partial charge >= 0.3 is 6.36 Å². The molecule has 1 radical (unpaired) electrons. The SMILES string of the molecule is [CH2]C(C=C)c1cc(Br)ccc1OC(F)(F)F. The van der Waals surface area contributed by atoms with Crippen LogP contribution in [0.1, 0.15) is 11.5 Å². The minimum atomic E-state index is -4.70. The predicted molar refractivity (Wildman–Crippen MR) is 59.1 cm³/mol. The van der Waals surface area contributed by atoms with Crippen molar-refractivity contribution >= 4 is 15.9 Å². The van der Waals surface area contributed by atoms with Gasteiger partial charge in [0.1, 0.15) is 5.75 Å². The summed E-state index contributed by atoms with van der Waals surface area (Å²) < 4.78 is 40.9. The number of hydrogen-bond donors (Lipinski definition) is 0. The highest BCUT2D eigenvalue weighted by Crippen LogP contribution is 2.33.